The van der Waals surface area contributed by atoms with E-state index >= 15 is 0 Å². The molecule has 0 N–H and O–H groups in total. The molecule has 7 rings (SSSR count). The number of rotatable bonds is 6. The number of carbonyl (C=O) groups is 3. The average molecular weight is 586 g/mol. The van der Waals surface area contributed by atoms with Crippen LogP contribution in [0.5, 0.6) is 17.2 Å². The number of anilines is 1. The molecular formula is C37H31NO6. The molecule has 7 heteroatoms. The number of Topliss-reactive ketones (excluding diaryl/α,β-unsaturated/α-hetero) is 3. The van der Waals surface area contributed by atoms with Crippen LogP contribution in [0.3, 0.4) is 0 Å². The fourth-order valence-electron chi connectivity index (χ4n) is 7.46. The average Bonchev–Trinajstić information content (AvgIpc) is 3.49. The standard InChI is InChI=1S/C37H31NO6/c1-21-12-15-28-22(18-21)14-17-31-37(35(40)26-10-5-6-11-27(26)36(37)41)32(23-13-16-29(43-3)30(20-23)44-4)33(38(28)31)34(39)24-8-7-9-25(19-24)42-2/h5-20,31-33H,1-4H3/t31-,32-,33+/m0/s1. The predicted molar refractivity (Wildman–Crippen MR) is 167 cm³/mol. The molecule has 0 amide bonds. The van der Waals surface area contributed by atoms with Gasteiger partial charge in [-0.15, -0.1) is 0 Å². The number of aryl methyl sites for hydroxylation is 1. The number of ketones is 3. The van der Waals surface area contributed by atoms with Gasteiger partial charge in [-0.05, 0) is 54.4 Å². The first kappa shape index (κ1) is 27.7. The highest BCUT2D eigenvalue weighted by atomic mass is 16.5. The fraction of sp³-hybridized carbons (Fsp3) is 0.216. The van der Waals surface area contributed by atoms with Crippen LogP contribution >= 0.6 is 0 Å². The molecule has 4 aromatic carbocycles. The van der Waals surface area contributed by atoms with Crippen LogP contribution in [0.4, 0.5) is 5.69 Å². The highest BCUT2D eigenvalue weighted by molar-refractivity contribution is 6.32. The molecule has 2 aliphatic heterocycles. The van der Waals surface area contributed by atoms with Gasteiger partial charge in [0, 0.05) is 28.3 Å². The van der Waals surface area contributed by atoms with E-state index in [9.17, 15) is 14.4 Å². The molecule has 4 aromatic rings. The van der Waals surface area contributed by atoms with Crippen molar-refractivity contribution in [1.29, 1.82) is 0 Å². The zero-order valence-corrected chi connectivity index (χ0v) is 24.9. The SMILES string of the molecule is COc1cccc(C(=O)[C@H]2[C@H](c3ccc(OC)c(OC)c3)C3(C(=O)c4ccccc4C3=O)[C@@H]3C=Cc4cc(C)ccc4N32)c1. The van der Waals surface area contributed by atoms with E-state index in [2.05, 4.69) is 6.07 Å². The van der Waals surface area contributed by atoms with Crippen LogP contribution in [-0.2, 0) is 0 Å². The van der Waals surface area contributed by atoms with Crippen LogP contribution in [0.25, 0.3) is 6.08 Å². The molecule has 0 aromatic heterocycles. The van der Waals surface area contributed by atoms with E-state index in [1.54, 1.807) is 74.9 Å². The fourth-order valence-corrected chi connectivity index (χ4v) is 7.46. The van der Waals surface area contributed by atoms with Crippen molar-refractivity contribution in [3.05, 3.63) is 124 Å². The van der Waals surface area contributed by atoms with Gasteiger partial charge in [0.15, 0.2) is 28.8 Å². The third kappa shape index (κ3) is 3.71. The molecule has 0 unspecified atom stereocenters. The Morgan fingerprint density at radius 2 is 1.50 bits per heavy atom. The third-order valence-corrected chi connectivity index (χ3v) is 9.35. The van der Waals surface area contributed by atoms with Crippen LogP contribution in [0.2, 0.25) is 0 Å². The lowest BCUT2D eigenvalue weighted by Gasteiger charge is -2.37. The zero-order chi connectivity index (χ0) is 30.7. The van der Waals surface area contributed by atoms with Crippen LogP contribution in [0, 0.1) is 12.3 Å². The van der Waals surface area contributed by atoms with Crippen LogP contribution in [0.1, 0.15) is 53.7 Å². The topological polar surface area (TPSA) is 82.1 Å². The number of fused-ring (bicyclic) bond motifs is 5. The lowest BCUT2D eigenvalue weighted by atomic mass is 9.64. The predicted octanol–water partition coefficient (Wildman–Crippen LogP) is 6.34. The molecule has 0 saturated carbocycles. The van der Waals surface area contributed by atoms with Crippen molar-refractivity contribution in [2.24, 2.45) is 5.41 Å². The monoisotopic (exact) mass is 585 g/mol. The molecule has 1 spiro atoms. The van der Waals surface area contributed by atoms with Crippen LogP contribution < -0.4 is 19.1 Å². The summed E-state index contributed by atoms with van der Waals surface area (Å²) < 4.78 is 16.7. The maximum atomic E-state index is 14.9. The first-order chi connectivity index (χ1) is 21.3. The van der Waals surface area contributed by atoms with E-state index in [1.807, 2.05) is 42.2 Å². The molecular weight excluding hydrogens is 554 g/mol. The number of hydrogen-bond donors (Lipinski definition) is 0. The third-order valence-electron chi connectivity index (χ3n) is 9.35. The molecule has 1 fully saturated rings. The summed E-state index contributed by atoms with van der Waals surface area (Å²) >= 11 is 0. The van der Waals surface area contributed by atoms with Gasteiger partial charge in [0.1, 0.15) is 17.2 Å². The molecule has 2 heterocycles. The molecule has 1 aliphatic carbocycles. The van der Waals surface area contributed by atoms with Crippen molar-refractivity contribution in [2.75, 3.05) is 26.2 Å². The van der Waals surface area contributed by atoms with E-state index in [0.29, 0.717) is 39.5 Å². The summed E-state index contributed by atoms with van der Waals surface area (Å²) in [5.41, 5.74) is 2.98. The lowest BCUT2D eigenvalue weighted by Crippen LogP contribution is -2.48. The van der Waals surface area contributed by atoms with Gasteiger partial charge >= 0.3 is 0 Å². The van der Waals surface area contributed by atoms with Gasteiger partial charge in [0.2, 0.25) is 0 Å². The lowest BCUT2D eigenvalue weighted by molar-refractivity contribution is 0.0665. The van der Waals surface area contributed by atoms with E-state index < -0.39 is 23.4 Å². The second-order valence-corrected chi connectivity index (χ2v) is 11.5. The molecule has 1 saturated heterocycles. The summed E-state index contributed by atoms with van der Waals surface area (Å²) in [5.74, 6) is -0.163. The van der Waals surface area contributed by atoms with Crippen molar-refractivity contribution in [3.63, 3.8) is 0 Å². The summed E-state index contributed by atoms with van der Waals surface area (Å²) in [6, 6.07) is 23.7. The number of hydrogen-bond acceptors (Lipinski definition) is 7. The van der Waals surface area contributed by atoms with Gasteiger partial charge in [-0.25, -0.2) is 0 Å². The number of nitrogens with zero attached hydrogens (tertiary/aromatic N) is 1. The van der Waals surface area contributed by atoms with E-state index in [0.717, 1.165) is 16.8 Å². The summed E-state index contributed by atoms with van der Waals surface area (Å²) in [5, 5.41) is 0. The van der Waals surface area contributed by atoms with E-state index in [-0.39, 0.29) is 17.3 Å². The normalized spacial score (nSPS) is 20.7. The Morgan fingerprint density at radius 3 is 2.18 bits per heavy atom. The second-order valence-electron chi connectivity index (χ2n) is 11.5. The Kier molecular flexibility index (Phi) is 6.43. The molecule has 7 nitrogen and oxygen atoms in total. The first-order valence-corrected chi connectivity index (χ1v) is 14.5. The Hall–Kier alpha value is -5.17. The van der Waals surface area contributed by atoms with E-state index in [4.69, 9.17) is 14.2 Å². The zero-order valence-electron chi connectivity index (χ0n) is 24.9. The Bertz CT molecular complexity index is 1860. The number of benzene rings is 4. The summed E-state index contributed by atoms with van der Waals surface area (Å²) in [6.07, 6.45) is 3.90. The van der Waals surface area contributed by atoms with Crippen LogP contribution in [0.15, 0.2) is 91.0 Å². The van der Waals surface area contributed by atoms with Crippen molar-refractivity contribution >= 4 is 29.1 Å². The molecule has 0 radical (unpaired) electrons. The maximum Gasteiger partial charge on any atom is 0.186 e. The molecule has 3 aliphatic rings. The minimum absolute atomic E-state index is 0.219. The largest absolute Gasteiger partial charge is 0.497 e. The van der Waals surface area contributed by atoms with Crippen molar-refractivity contribution < 1.29 is 28.6 Å². The Morgan fingerprint density at radius 1 is 0.773 bits per heavy atom. The quantitative estimate of drug-likeness (QED) is 0.193. The second kappa shape index (κ2) is 10.2. The molecule has 0 bridgehead atoms. The minimum Gasteiger partial charge on any atom is -0.497 e. The Labute approximate surface area is 255 Å². The van der Waals surface area contributed by atoms with Crippen molar-refractivity contribution in [1.82, 2.24) is 0 Å². The smallest absolute Gasteiger partial charge is 0.186 e. The summed E-state index contributed by atoms with van der Waals surface area (Å²) in [6.45, 7) is 2.01. The van der Waals surface area contributed by atoms with Crippen molar-refractivity contribution in [2.45, 2.75) is 24.9 Å². The van der Waals surface area contributed by atoms with Gasteiger partial charge < -0.3 is 19.1 Å². The molecule has 3 atom stereocenters. The summed E-state index contributed by atoms with van der Waals surface area (Å²) in [7, 11) is 4.64. The molecule has 220 valence electrons. The van der Waals surface area contributed by atoms with Crippen LogP contribution in [-0.4, -0.2) is 50.8 Å². The van der Waals surface area contributed by atoms with Gasteiger partial charge in [-0.2, -0.15) is 0 Å². The van der Waals surface area contributed by atoms with Gasteiger partial charge in [-0.3, -0.25) is 14.4 Å². The minimum atomic E-state index is -1.61. The first-order valence-electron chi connectivity index (χ1n) is 14.5. The van der Waals surface area contributed by atoms with E-state index in [1.165, 1.54) is 7.11 Å². The highest BCUT2D eigenvalue weighted by Gasteiger charge is 2.71. The Balaban J connectivity index is 1.55. The maximum absolute atomic E-state index is 14.9. The summed E-state index contributed by atoms with van der Waals surface area (Å²) in [4.78, 5) is 46.6. The van der Waals surface area contributed by atoms with Gasteiger partial charge in [-0.1, -0.05) is 66.2 Å². The van der Waals surface area contributed by atoms with Crippen molar-refractivity contribution in [3.8, 4) is 17.2 Å². The number of carbonyl (C=O) groups excluding carboxylic acids is 3. The molecule has 44 heavy (non-hydrogen) atoms. The van der Waals surface area contributed by atoms with Gasteiger partial charge in [0.05, 0.1) is 27.4 Å². The number of ether oxygens (including phenoxy) is 3. The number of methoxy groups -OCH3 is 3. The van der Waals surface area contributed by atoms with Gasteiger partial charge in [0.25, 0.3) is 0 Å². The highest BCUT2D eigenvalue weighted by Crippen LogP contribution is 2.61.